The molecule has 0 spiro atoms. The number of nitrogens with one attached hydrogen (secondary N) is 6. The molecule has 4 saturated heterocycles. The van der Waals surface area contributed by atoms with E-state index in [0.717, 1.165) is 22.3 Å². The Balaban J connectivity index is 0.843. The molecule has 4 heterocycles. The fourth-order valence-electron chi connectivity index (χ4n) is 12.1. The number of amides is 6. The molecule has 4 aromatic carbocycles. The van der Waals surface area contributed by atoms with Crippen LogP contribution in [0, 0.1) is 0 Å². The average molecular weight is 1190 g/mol. The highest BCUT2D eigenvalue weighted by molar-refractivity contribution is 7.89. The number of sulfonamides is 2. The van der Waals surface area contributed by atoms with Crippen LogP contribution in [0.1, 0.15) is 125 Å². The highest BCUT2D eigenvalue weighted by Crippen LogP contribution is 2.34. The molecular weight excluding hydrogens is 1110 g/mol. The van der Waals surface area contributed by atoms with Crippen LogP contribution in [0.25, 0.3) is 0 Å². The Morgan fingerprint density at radius 3 is 1.08 bits per heavy atom. The van der Waals surface area contributed by atoms with E-state index < -0.39 is 104 Å². The van der Waals surface area contributed by atoms with Gasteiger partial charge in [0.15, 0.2) is 0 Å². The van der Waals surface area contributed by atoms with Crippen LogP contribution < -0.4 is 31.9 Å². The van der Waals surface area contributed by atoms with E-state index in [9.17, 15) is 45.6 Å². The lowest BCUT2D eigenvalue weighted by molar-refractivity contribution is -0.144. The van der Waals surface area contributed by atoms with Crippen molar-refractivity contribution in [2.24, 2.45) is 0 Å². The molecule has 4 fully saturated rings. The number of hydrogen-bond donors (Lipinski definition) is 6. The smallest absolute Gasteiger partial charge is 0.247 e. The Kier molecular flexibility index (Phi) is 22.3. The summed E-state index contributed by atoms with van der Waals surface area (Å²) in [6.07, 6.45) is 5.36. The van der Waals surface area contributed by atoms with E-state index in [1.165, 1.54) is 8.61 Å². The molecule has 4 aliphatic rings. The third kappa shape index (κ3) is 15.8. The second-order valence-corrected chi connectivity index (χ2v) is 26.9. The number of rotatable bonds is 25. The Morgan fingerprint density at radius 2 is 0.774 bits per heavy atom. The monoisotopic (exact) mass is 1190 g/mol. The minimum Gasteiger partial charge on any atom is -0.343 e. The maximum absolute atomic E-state index is 14.7. The average Bonchev–Trinajstić information content (AvgIpc) is 3.64. The Morgan fingerprint density at radius 1 is 0.464 bits per heavy atom. The summed E-state index contributed by atoms with van der Waals surface area (Å²) in [6.45, 7) is 2.89. The lowest BCUT2D eigenvalue weighted by Gasteiger charge is -2.38. The maximum Gasteiger partial charge on any atom is 0.247 e. The first kappa shape index (κ1) is 63.5. The molecule has 8 rings (SSSR count). The molecule has 22 heteroatoms. The quantitative estimate of drug-likeness (QED) is 0.0513. The lowest BCUT2D eigenvalue weighted by Crippen LogP contribution is -2.62. The van der Waals surface area contributed by atoms with Gasteiger partial charge in [-0.25, -0.2) is 16.8 Å². The van der Waals surface area contributed by atoms with Crippen molar-refractivity contribution in [1.82, 2.24) is 50.3 Å². The van der Waals surface area contributed by atoms with Crippen molar-refractivity contribution in [1.29, 1.82) is 0 Å². The molecule has 20 nitrogen and oxygen atoms in total. The van der Waals surface area contributed by atoms with Crippen LogP contribution in [0.15, 0.2) is 121 Å². The van der Waals surface area contributed by atoms with Crippen LogP contribution in [0.3, 0.4) is 0 Å². The largest absolute Gasteiger partial charge is 0.343 e. The third-order valence-electron chi connectivity index (χ3n) is 17.1. The molecule has 84 heavy (non-hydrogen) atoms. The first-order valence-corrected chi connectivity index (χ1v) is 33.0. The van der Waals surface area contributed by atoms with Gasteiger partial charge in [-0.1, -0.05) is 147 Å². The van der Waals surface area contributed by atoms with Crippen molar-refractivity contribution >= 4 is 55.5 Å². The Bertz CT molecular complexity index is 2810. The summed E-state index contributed by atoms with van der Waals surface area (Å²) < 4.78 is 59.2. The number of hydrogen-bond acceptors (Lipinski definition) is 12. The minimum atomic E-state index is -3.92. The second kappa shape index (κ2) is 29.5. The van der Waals surface area contributed by atoms with E-state index in [4.69, 9.17) is 0 Å². The zero-order chi connectivity index (χ0) is 60.0. The molecule has 454 valence electrons. The van der Waals surface area contributed by atoms with E-state index in [2.05, 4.69) is 31.9 Å². The lowest BCUT2D eigenvalue weighted by atomic mass is 9.98. The van der Waals surface area contributed by atoms with Gasteiger partial charge in [0.1, 0.15) is 24.2 Å². The van der Waals surface area contributed by atoms with E-state index in [1.54, 1.807) is 37.7 Å². The second-order valence-electron chi connectivity index (χ2n) is 22.7. The minimum absolute atomic E-state index is 0.0961. The summed E-state index contributed by atoms with van der Waals surface area (Å²) in [7, 11) is -4.61. The Labute approximate surface area is 495 Å². The molecule has 1 unspecified atom stereocenters. The summed E-state index contributed by atoms with van der Waals surface area (Å²) in [4.78, 5) is 87.8. The molecule has 0 radical (unpaired) electrons. The molecule has 6 amide bonds. The van der Waals surface area contributed by atoms with Crippen molar-refractivity contribution in [2.75, 3.05) is 51.8 Å². The van der Waals surface area contributed by atoms with Gasteiger partial charge in [0, 0.05) is 38.3 Å². The van der Waals surface area contributed by atoms with Crippen molar-refractivity contribution < 1.29 is 45.6 Å². The normalized spacial score (nSPS) is 22.5. The van der Waals surface area contributed by atoms with E-state index >= 15 is 0 Å². The van der Waals surface area contributed by atoms with E-state index in [-0.39, 0.29) is 49.5 Å². The molecule has 8 atom stereocenters. The number of carbonyl (C=O) groups is 6. The summed E-state index contributed by atoms with van der Waals surface area (Å²) >= 11 is 0. The molecule has 0 saturated carbocycles. The van der Waals surface area contributed by atoms with Gasteiger partial charge in [0.05, 0.1) is 35.7 Å². The molecule has 4 aromatic rings. The van der Waals surface area contributed by atoms with Gasteiger partial charge in [-0.3, -0.25) is 28.8 Å². The third-order valence-corrected chi connectivity index (χ3v) is 21.0. The molecule has 0 aromatic heterocycles. The highest BCUT2D eigenvalue weighted by atomic mass is 32.2. The summed E-state index contributed by atoms with van der Waals surface area (Å²) in [5, 5.41) is 17.8. The molecule has 4 aliphatic heterocycles. The van der Waals surface area contributed by atoms with Gasteiger partial charge < -0.3 is 41.7 Å². The number of unbranched alkanes of at least 4 members (excludes halogenated alkanes) is 5. The summed E-state index contributed by atoms with van der Waals surface area (Å²) in [5.41, 5.74) is 3.50. The van der Waals surface area contributed by atoms with Crippen molar-refractivity contribution in [3.63, 3.8) is 0 Å². The fraction of sp³-hybridized carbons (Fsp3) is 0.516. The van der Waals surface area contributed by atoms with Crippen LogP contribution in [-0.4, -0.2) is 171 Å². The van der Waals surface area contributed by atoms with Crippen molar-refractivity contribution in [3.05, 3.63) is 144 Å². The first-order chi connectivity index (χ1) is 40.4. The fourth-order valence-corrected chi connectivity index (χ4v) is 15.3. The SMILES string of the molecule is CN[C@@H](C)C(=O)N[C@H]1CN(S(=O)(=O)CCCCCCCCS(=O)(=O)N2CC[C@H]3CC[C@@H](C(=O)NC(c4ccccc4)c4ccccc4)N3C(=O)[C@@H](NC(=O)[C@H](C)NC)C2)CC[C@H]2CCC(C(=O)NC(c3ccccc3)c3ccccc3)N2C1=O. The van der Waals surface area contributed by atoms with Gasteiger partial charge >= 0.3 is 0 Å². The first-order valence-electron chi connectivity index (χ1n) is 29.8. The number of nitrogens with zero attached hydrogens (tertiary/aromatic N) is 4. The number of likely N-dealkylation sites (N-methyl/N-ethyl adjacent to an activating group) is 2. The zero-order valence-corrected chi connectivity index (χ0v) is 50.4. The van der Waals surface area contributed by atoms with Crippen molar-refractivity contribution in [2.45, 2.75) is 151 Å². The van der Waals surface area contributed by atoms with E-state index in [1.807, 2.05) is 121 Å². The van der Waals surface area contributed by atoms with Crippen LogP contribution in [0.2, 0.25) is 0 Å². The molecule has 6 N–H and O–H groups in total. The summed E-state index contributed by atoms with van der Waals surface area (Å²) in [6, 6.07) is 30.9. The van der Waals surface area contributed by atoms with Gasteiger partial charge in [-0.15, -0.1) is 0 Å². The van der Waals surface area contributed by atoms with Gasteiger partial charge in [0.2, 0.25) is 55.5 Å². The van der Waals surface area contributed by atoms with Gasteiger partial charge in [-0.2, -0.15) is 8.61 Å². The van der Waals surface area contributed by atoms with Crippen LogP contribution in [-0.2, 0) is 48.8 Å². The molecule has 0 bridgehead atoms. The van der Waals surface area contributed by atoms with E-state index in [0.29, 0.717) is 77.0 Å². The number of fused-ring (bicyclic) bond motifs is 2. The zero-order valence-electron chi connectivity index (χ0n) is 48.7. The van der Waals surface area contributed by atoms with Crippen LogP contribution >= 0.6 is 0 Å². The molecular formula is C62H84N10O10S2. The standard InChI is InChI=1S/C62H84N10O10S2/c1-43(63-3)57(73)65-51-41-69(37-35-49-31-33-53(71(49)61(51)77)59(75)67-55(45-23-13-9-14-24-45)46-25-15-10-16-26-46)83(79,80)39-21-7-5-6-8-22-40-84(81,82)70-38-36-50-32-34-54(72(50)62(78)52(42-70)66-58(74)44(2)64-4)60(76)68-56(47-27-17-11-18-28-47)48-29-19-12-20-30-48/h9-20,23-30,43-44,49-56,63-64H,5-8,21-22,31-42H2,1-4H3,(H,65,73)(H,66,74)(H,67,75)(H,68,76)/t43-,44-,49+,50+,51-,52-,53-,54?/m0/s1. The van der Waals surface area contributed by atoms with Crippen LogP contribution in [0.5, 0.6) is 0 Å². The van der Waals surface area contributed by atoms with Crippen LogP contribution in [0.4, 0.5) is 0 Å². The van der Waals surface area contributed by atoms with Crippen molar-refractivity contribution in [3.8, 4) is 0 Å². The maximum atomic E-state index is 14.7. The summed E-state index contributed by atoms with van der Waals surface area (Å²) in [5.74, 6) is -3.02. The van der Waals surface area contributed by atoms with Gasteiger partial charge in [-0.05, 0) is 102 Å². The topological polar surface area (TPSA) is 256 Å². The highest BCUT2D eigenvalue weighted by Gasteiger charge is 2.48. The molecule has 0 aliphatic carbocycles. The predicted octanol–water partition coefficient (Wildman–Crippen LogP) is 4.11. The Hall–Kier alpha value is -6.56. The predicted molar refractivity (Wildman–Crippen MR) is 322 cm³/mol. The number of benzene rings is 4. The van der Waals surface area contributed by atoms with Gasteiger partial charge in [0.25, 0.3) is 0 Å². The number of carbonyl (C=O) groups excluding carboxylic acids is 6.